The second-order valence-corrected chi connectivity index (χ2v) is 4.34. The number of rotatable bonds is 1. The molecule has 0 unspecified atom stereocenters. The number of para-hydroxylation sites is 1. The molecule has 1 fully saturated rings. The van der Waals surface area contributed by atoms with Crippen LogP contribution in [-0.2, 0) is 0 Å². The van der Waals surface area contributed by atoms with Gasteiger partial charge in [-0.25, -0.2) is 4.98 Å². The van der Waals surface area contributed by atoms with E-state index in [0.29, 0.717) is 6.04 Å². The lowest BCUT2D eigenvalue weighted by molar-refractivity contribution is 0.765. The predicted octanol–water partition coefficient (Wildman–Crippen LogP) is 3.13. The Morgan fingerprint density at radius 3 is 3.00 bits per heavy atom. The first-order chi connectivity index (χ1) is 6.36. The molecule has 66 valence electrons. The van der Waals surface area contributed by atoms with Crippen LogP contribution in [0.5, 0.6) is 0 Å². The zero-order chi connectivity index (χ0) is 8.84. The second-order valence-electron chi connectivity index (χ2n) is 3.49. The summed E-state index contributed by atoms with van der Waals surface area (Å²) in [5.41, 5.74) is 2.33. The van der Waals surface area contributed by atoms with Gasteiger partial charge in [-0.2, -0.15) is 0 Å². The minimum absolute atomic E-state index is 0.698. The van der Waals surface area contributed by atoms with E-state index in [4.69, 9.17) is 0 Å². The Balaban J connectivity index is 2.34. The molecule has 0 radical (unpaired) electrons. The summed E-state index contributed by atoms with van der Waals surface area (Å²) in [6.45, 7) is 0. The number of aromatic nitrogens is 2. The van der Waals surface area contributed by atoms with Gasteiger partial charge in [-0.15, -0.1) is 0 Å². The van der Waals surface area contributed by atoms with Crippen molar-refractivity contribution in [2.24, 2.45) is 0 Å². The number of benzene rings is 1. The molecular weight excluding hydrogens is 228 g/mol. The third kappa shape index (κ3) is 1.10. The molecule has 13 heavy (non-hydrogen) atoms. The lowest BCUT2D eigenvalue weighted by Gasteiger charge is -2.01. The molecular formula is C10H9BrN2. The van der Waals surface area contributed by atoms with Crippen LogP contribution in [0.3, 0.4) is 0 Å². The summed E-state index contributed by atoms with van der Waals surface area (Å²) in [5.74, 6) is 0. The van der Waals surface area contributed by atoms with Crippen molar-refractivity contribution in [1.82, 2.24) is 9.55 Å². The van der Waals surface area contributed by atoms with Gasteiger partial charge < -0.3 is 4.57 Å². The van der Waals surface area contributed by atoms with Crippen LogP contribution >= 0.6 is 15.9 Å². The minimum Gasteiger partial charge on any atom is -0.327 e. The monoisotopic (exact) mass is 236 g/mol. The fraction of sp³-hybridized carbons (Fsp3) is 0.300. The first-order valence-electron chi connectivity index (χ1n) is 4.47. The van der Waals surface area contributed by atoms with Crippen molar-refractivity contribution < 1.29 is 0 Å². The van der Waals surface area contributed by atoms with Crippen LogP contribution in [0.2, 0.25) is 0 Å². The number of imidazole rings is 1. The summed E-state index contributed by atoms with van der Waals surface area (Å²) in [6, 6.07) is 6.85. The average Bonchev–Trinajstić information content (AvgIpc) is 2.87. The first kappa shape index (κ1) is 7.56. The van der Waals surface area contributed by atoms with E-state index in [-0.39, 0.29) is 0 Å². The number of fused-ring (bicyclic) bond motifs is 1. The molecule has 0 amide bonds. The van der Waals surface area contributed by atoms with E-state index in [1.54, 1.807) is 0 Å². The Kier molecular flexibility index (Phi) is 1.50. The molecule has 1 aromatic carbocycles. The normalized spacial score (nSPS) is 16.7. The highest BCUT2D eigenvalue weighted by molar-refractivity contribution is 9.10. The van der Waals surface area contributed by atoms with Gasteiger partial charge in [0.05, 0.1) is 17.4 Å². The van der Waals surface area contributed by atoms with E-state index < -0.39 is 0 Å². The molecule has 0 spiro atoms. The van der Waals surface area contributed by atoms with Gasteiger partial charge in [0.1, 0.15) is 0 Å². The van der Waals surface area contributed by atoms with Crippen molar-refractivity contribution >= 4 is 27.0 Å². The summed E-state index contributed by atoms with van der Waals surface area (Å²) >= 11 is 3.56. The van der Waals surface area contributed by atoms with Crippen LogP contribution in [0, 0.1) is 0 Å². The second kappa shape index (κ2) is 2.58. The van der Waals surface area contributed by atoms with Crippen molar-refractivity contribution in [3.63, 3.8) is 0 Å². The molecule has 0 aliphatic heterocycles. The van der Waals surface area contributed by atoms with E-state index in [9.17, 15) is 0 Å². The van der Waals surface area contributed by atoms with Crippen LogP contribution in [0.15, 0.2) is 29.0 Å². The minimum atomic E-state index is 0.698. The summed E-state index contributed by atoms with van der Waals surface area (Å²) < 4.78 is 3.42. The zero-order valence-corrected chi connectivity index (χ0v) is 8.66. The fourth-order valence-corrected chi connectivity index (χ4v) is 2.24. The summed E-state index contributed by atoms with van der Waals surface area (Å²) in [6.07, 6.45) is 4.55. The molecule has 3 heteroatoms. The van der Waals surface area contributed by atoms with E-state index in [1.807, 2.05) is 12.4 Å². The third-order valence-corrected chi connectivity index (χ3v) is 3.13. The lowest BCUT2D eigenvalue weighted by atomic mass is 10.3. The molecule has 3 rings (SSSR count). The van der Waals surface area contributed by atoms with Gasteiger partial charge >= 0.3 is 0 Å². The Hall–Kier alpha value is -0.830. The van der Waals surface area contributed by atoms with Crippen LogP contribution in [-0.4, -0.2) is 9.55 Å². The highest BCUT2D eigenvalue weighted by Crippen LogP contribution is 2.38. The molecule has 2 aromatic rings. The molecule has 0 N–H and O–H groups in total. The Labute approximate surface area is 84.7 Å². The van der Waals surface area contributed by atoms with Crippen molar-refractivity contribution in [3.05, 3.63) is 29.0 Å². The molecule has 1 aliphatic rings. The topological polar surface area (TPSA) is 17.8 Å². The van der Waals surface area contributed by atoms with Crippen LogP contribution in [0.4, 0.5) is 0 Å². The fourth-order valence-electron chi connectivity index (χ4n) is 1.68. The molecule has 1 aromatic heterocycles. The number of hydrogen-bond donors (Lipinski definition) is 0. The largest absolute Gasteiger partial charge is 0.327 e. The van der Waals surface area contributed by atoms with Crippen molar-refractivity contribution in [1.29, 1.82) is 0 Å². The summed E-state index contributed by atoms with van der Waals surface area (Å²) in [4.78, 5) is 4.37. The van der Waals surface area contributed by atoms with Crippen molar-refractivity contribution in [2.75, 3.05) is 0 Å². The van der Waals surface area contributed by atoms with E-state index in [0.717, 1.165) is 9.99 Å². The first-order valence-corrected chi connectivity index (χ1v) is 5.26. The molecule has 2 nitrogen and oxygen atoms in total. The standard InChI is InChI=1S/C10H9BrN2/c11-8-2-1-3-9-10(8)13(6-12-9)7-4-5-7/h1-3,6-7H,4-5H2. The Bertz CT molecular complexity index is 457. The predicted molar refractivity (Wildman–Crippen MR) is 55.7 cm³/mol. The maximum atomic E-state index is 4.37. The molecule has 1 saturated carbocycles. The number of hydrogen-bond acceptors (Lipinski definition) is 1. The SMILES string of the molecule is Brc1cccc2ncn(C3CC3)c12. The van der Waals surface area contributed by atoms with Crippen LogP contribution < -0.4 is 0 Å². The van der Waals surface area contributed by atoms with Crippen LogP contribution in [0.1, 0.15) is 18.9 Å². The summed E-state index contributed by atoms with van der Waals surface area (Å²) in [5, 5.41) is 0. The Morgan fingerprint density at radius 2 is 2.23 bits per heavy atom. The van der Waals surface area contributed by atoms with Gasteiger partial charge in [0, 0.05) is 10.5 Å². The molecule has 0 bridgehead atoms. The highest BCUT2D eigenvalue weighted by atomic mass is 79.9. The van der Waals surface area contributed by atoms with Gasteiger partial charge in [0.15, 0.2) is 0 Å². The van der Waals surface area contributed by atoms with Gasteiger partial charge in [-0.05, 0) is 40.9 Å². The van der Waals surface area contributed by atoms with E-state index in [2.05, 4.69) is 37.6 Å². The maximum absolute atomic E-state index is 4.37. The number of nitrogens with zero attached hydrogens (tertiary/aromatic N) is 2. The quantitative estimate of drug-likeness (QED) is 0.744. The number of halogens is 1. The zero-order valence-electron chi connectivity index (χ0n) is 7.07. The molecule has 1 aliphatic carbocycles. The Morgan fingerprint density at radius 1 is 1.38 bits per heavy atom. The van der Waals surface area contributed by atoms with Gasteiger partial charge in [0.25, 0.3) is 0 Å². The van der Waals surface area contributed by atoms with Crippen molar-refractivity contribution in [2.45, 2.75) is 18.9 Å². The smallest absolute Gasteiger partial charge is 0.0961 e. The van der Waals surface area contributed by atoms with E-state index >= 15 is 0 Å². The van der Waals surface area contributed by atoms with Crippen molar-refractivity contribution in [3.8, 4) is 0 Å². The van der Waals surface area contributed by atoms with E-state index in [1.165, 1.54) is 18.4 Å². The van der Waals surface area contributed by atoms with Gasteiger partial charge in [0.2, 0.25) is 0 Å². The lowest BCUT2D eigenvalue weighted by Crippen LogP contribution is -1.90. The molecule has 1 heterocycles. The molecule has 0 saturated heterocycles. The highest BCUT2D eigenvalue weighted by Gasteiger charge is 2.25. The maximum Gasteiger partial charge on any atom is 0.0961 e. The average molecular weight is 237 g/mol. The van der Waals surface area contributed by atoms with Crippen LogP contribution in [0.25, 0.3) is 11.0 Å². The third-order valence-electron chi connectivity index (χ3n) is 2.49. The van der Waals surface area contributed by atoms with Gasteiger partial charge in [-0.3, -0.25) is 0 Å². The summed E-state index contributed by atoms with van der Waals surface area (Å²) in [7, 11) is 0. The van der Waals surface area contributed by atoms with Gasteiger partial charge in [-0.1, -0.05) is 6.07 Å². The molecule has 0 atom stereocenters.